The van der Waals surface area contributed by atoms with Crippen molar-refractivity contribution in [2.75, 3.05) is 11.9 Å². The number of rotatable bonds is 7. The molecule has 1 aromatic rings. The Morgan fingerprint density at radius 2 is 1.67 bits per heavy atom. The van der Waals surface area contributed by atoms with E-state index in [-0.39, 0.29) is 5.91 Å². The predicted octanol–water partition coefficient (Wildman–Crippen LogP) is 4.03. The van der Waals surface area contributed by atoms with E-state index in [4.69, 9.17) is 4.74 Å². The van der Waals surface area contributed by atoms with Crippen LogP contribution in [0.15, 0.2) is 35.4 Å². The number of hydrogen-bond acceptors (Lipinski definition) is 4. The van der Waals surface area contributed by atoms with Crippen LogP contribution in [0.4, 0.5) is 5.69 Å². The number of esters is 1. The molecule has 0 heterocycles. The van der Waals surface area contributed by atoms with Crippen molar-refractivity contribution < 1.29 is 24.2 Å². The molecule has 1 aliphatic carbocycles. The number of aliphatic carboxylic acids is 1. The summed E-state index contributed by atoms with van der Waals surface area (Å²) in [6, 6.07) is 6.44. The number of anilines is 1. The maximum Gasteiger partial charge on any atom is 0.338 e. The third-order valence-corrected chi connectivity index (χ3v) is 5.04. The third kappa shape index (κ3) is 5.42. The van der Waals surface area contributed by atoms with Crippen molar-refractivity contribution in [1.29, 1.82) is 0 Å². The Morgan fingerprint density at radius 3 is 2.22 bits per heavy atom. The number of nitrogens with one attached hydrogen (secondary N) is 1. The highest BCUT2D eigenvalue weighted by Crippen LogP contribution is 2.35. The Hall–Kier alpha value is -2.63. The number of carboxylic acid groups (broad SMARTS) is 1. The minimum absolute atomic E-state index is 0.312. The second kappa shape index (κ2) is 9.35. The highest BCUT2D eigenvalue weighted by molar-refractivity contribution is 5.96. The molecular formula is C21H27NO5. The van der Waals surface area contributed by atoms with Crippen molar-refractivity contribution in [2.24, 2.45) is 11.8 Å². The third-order valence-electron chi connectivity index (χ3n) is 5.04. The number of carbonyl (C=O) groups is 3. The first kappa shape index (κ1) is 20.7. The lowest BCUT2D eigenvalue weighted by molar-refractivity contribution is -0.146. The van der Waals surface area contributed by atoms with E-state index in [1.54, 1.807) is 24.3 Å². The van der Waals surface area contributed by atoms with Gasteiger partial charge in [0.2, 0.25) is 5.91 Å². The van der Waals surface area contributed by atoms with Crippen LogP contribution in [0.25, 0.3) is 0 Å². The molecule has 146 valence electrons. The van der Waals surface area contributed by atoms with E-state index in [0.29, 0.717) is 30.7 Å². The van der Waals surface area contributed by atoms with Crippen molar-refractivity contribution in [2.45, 2.75) is 46.5 Å². The summed E-state index contributed by atoms with van der Waals surface area (Å²) in [6.45, 7) is 6.26. The van der Waals surface area contributed by atoms with Gasteiger partial charge in [-0.3, -0.25) is 9.59 Å². The van der Waals surface area contributed by atoms with Gasteiger partial charge in [-0.15, -0.1) is 0 Å². The van der Waals surface area contributed by atoms with Crippen LogP contribution in [-0.4, -0.2) is 29.6 Å². The van der Waals surface area contributed by atoms with Gasteiger partial charge in [-0.25, -0.2) is 4.79 Å². The highest BCUT2D eigenvalue weighted by Gasteiger charge is 2.37. The van der Waals surface area contributed by atoms with Gasteiger partial charge in [-0.05, 0) is 57.4 Å². The van der Waals surface area contributed by atoms with Gasteiger partial charge in [-0.2, -0.15) is 0 Å². The van der Waals surface area contributed by atoms with Crippen LogP contribution in [0.1, 0.15) is 56.8 Å². The molecule has 1 aliphatic rings. The molecule has 2 N–H and O–H groups in total. The molecule has 0 saturated heterocycles. The molecule has 0 fully saturated rings. The number of ether oxygens (including phenoxy) is 1. The Kier molecular flexibility index (Phi) is 7.16. The highest BCUT2D eigenvalue weighted by atomic mass is 16.5. The van der Waals surface area contributed by atoms with Crippen LogP contribution in [-0.2, 0) is 14.3 Å². The largest absolute Gasteiger partial charge is 0.481 e. The lowest BCUT2D eigenvalue weighted by Crippen LogP contribution is -2.36. The zero-order valence-corrected chi connectivity index (χ0v) is 16.1. The number of amides is 1. The van der Waals surface area contributed by atoms with Gasteiger partial charge in [0.1, 0.15) is 0 Å². The summed E-state index contributed by atoms with van der Waals surface area (Å²) in [5.41, 5.74) is 3.05. The topological polar surface area (TPSA) is 92.7 Å². The minimum Gasteiger partial charge on any atom is -0.481 e. The fourth-order valence-corrected chi connectivity index (χ4v) is 3.14. The van der Waals surface area contributed by atoms with E-state index in [9.17, 15) is 19.5 Å². The second-order valence-corrected chi connectivity index (χ2v) is 7.08. The Morgan fingerprint density at radius 1 is 1.07 bits per heavy atom. The van der Waals surface area contributed by atoms with Crippen molar-refractivity contribution in [3.05, 3.63) is 41.0 Å². The van der Waals surface area contributed by atoms with Gasteiger partial charge in [0, 0.05) is 5.69 Å². The summed E-state index contributed by atoms with van der Waals surface area (Å²) in [4.78, 5) is 36.1. The molecule has 0 bridgehead atoms. The molecule has 2 atom stereocenters. The summed E-state index contributed by atoms with van der Waals surface area (Å²) >= 11 is 0. The Bertz CT molecular complexity index is 735. The second-order valence-electron chi connectivity index (χ2n) is 7.08. The number of allylic oxidation sites excluding steroid dienone is 2. The molecular weight excluding hydrogens is 346 g/mol. The minimum atomic E-state index is -0.952. The van der Waals surface area contributed by atoms with Crippen molar-refractivity contribution in [1.82, 2.24) is 0 Å². The van der Waals surface area contributed by atoms with Crippen LogP contribution in [0.3, 0.4) is 0 Å². The molecule has 6 nitrogen and oxygen atoms in total. The van der Waals surface area contributed by atoms with Crippen LogP contribution >= 0.6 is 0 Å². The Labute approximate surface area is 159 Å². The van der Waals surface area contributed by atoms with Crippen LogP contribution in [0.5, 0.6) is 0 Å². The maximum absolute atomic E-state index is 12.6. The van der Waals surface area contributed by atoms with E-state index in [1.165, 1.54) is 0 Å². The monoisotopic (exact) mass is 373 g/mol. The van der Waals surface area contributed by atoms with Gasteiger partial charge >= 0.3 is 11.9 Å². The van der Waals surface area contributed by atoms with Gasteiger partial charge in [0.15, 0.2) is 0 Å². The van der Waals surface area contributed by atoms with Crippen LogP contribution in [0.2, 0.25) is 0 Å². The first-order chi connectivity index (χ1) is 12.8. The summed E-state index contributed by atoms with van der Waals surface area (Å²) in [7, 11) is 0. The molecule has 0 saturated carbocycles. The van der Waals surface area contributed by atoms with Crippen molar-refractivity contribution in [3.63, 3.8) is 0 Å². The van der Waals surface area contributed by atoms with Crippen LogP contribution < -0.4 is 5.32 Å². The van der Waals surface area contributed by atoms with E-state index in [1.807, 2.05) is 20.8 Å². The van der Waals surface area contributed by atoms with Gasteiger partial charge in [0.25, 0.3) is 0 Å². The number of carboxylic acids is 1. The molecule has 6 heteroatoms. The van der Waals surface area contributed by atoms with E-state index < -0.39 is 23.8 Å². The quantitative estimate of drug-likeness (QED) is 0.428. The van der Waals surface area contributed by atoms with Crippen molar-refractivity contribution >= 4 is 23.5 Å². The molecule has 27 heavy (non-hydrogen) atoms. The summed E-state index contributed by atoms with van der Waals surface area (Å²) < 4.78 is 5.15. The average Bonchev–Trinajstić information content (AvgIpc) is 2.64. The average molecular weight is 373 g/mol. The van der Waals surface area contributed by atoms with Crippen LogP contribution in [0, 0.1) is 11.8 Å². The number of carbonyl (C=O) groups excluding carboxylic acids is 2. The molecule has 2 rings (SSSR count). The number of unbranched alkanes of at least 4 members (excludes halogenated alkanes) is 1. The number of benzene rings is 1. The molecule has 0 unspecified atom stereocenters. The molecule has 1 aromatic carbocycles. The Balaban J connectivity index is 2.02. The normalized spacial score (nSPS) is 19.5. The van der Waals surface area contributed by atoms with E-state index in [0.717, 1.165) is 24.0 Å². The lowest BCUT2D eigenvalue weighted by Gasteiger charge is -2.29. The smallest absolute Gasteiger partial charge is 0.338 e. The fraction of sp³-hybridized carbons (Fsp3) is 0.476. The van der Waals surface area contributed by atoms with E-state index in [2.05, 4.69) is 5.32 Å². The van der Waals surface area contributed by atoms with Gasteiger partial charge in [0.05, 0.1) is 24.0 Å². The molecule has 0 spiro atoms. The standard InChI is InChI=1S/C21H27NO5/c1-4-5-10-27-21(26)15-6-8-16(9-7-15)22-19(23)17-11-13(2)14(3)12-18(17)20(24)25/h6-9,17-18H,4-5,10-12H2,1-3H3,(H,22,23)(H,24,25)/t17-,18+/m1/s1. The first-order valence-electron chi connectivity index (χ1n) is 9.29. The zero-order chi connectivity index (χ0) is 20.0. The van der Waals surface area contributed by atoms with E-state index >= 15 is 0 Å². The zero-order valence-electron chi connectivity index (χ0n) is 16.1. The summed E-state index contributed by atoms with van der Waals surface area (Å²) in [5, 5.41) is 12.2. The molecule has 0 aromatic heterocycles. The lowest BCUT2D eigenvalue weighted by atomic mass is 9.76. The molecule has 0 radical (unpaired) electrons. The van der Waals surface area contributed by atoms with Crippen molar-refractivity contribution in [3.8, 4) is 0 Å². The SMILES string of the molecule is CCCCOC(=O)c1ccc(NC(=O)[C@@H]2CC(C)=C(C)C[C@@H]2C(=O)O)cc1. The van der Waals surface area contributed by atoms with Gasteiger partial charge in [-0.1, -0.05) is 24.5 Å². The number of hydrogen-bond donors (Lipinski definition) is 2. The summed E-state index contributed by atoms with van der Waals surface area (Å²) in [6.07, 6.45) is 2.60. The molecule has 1 amide bonds. The molecule has 0 aliphatic heterocycles. The summed E-state index contributed by atoms with van der Waals surface area (Å²) in [5.74, 6) is -2.98. The van der Waals surface area contributed by atoms with Gasteiger partial charge < -0.3 is 15.2 Å². The first-order valence-corrected chi connectivity index (χ1v) is 9.29. The fourth-order valence-electron chi connectivity index (χ4n) is 3.14. The predicted molar refractivity (Wildman–Crippen MR) is 102 cm³/mol. The maximum atomic E-state index is 12.6.